The molecule has 0 saturated carbocycles. The molecule has 0 atom stereocenters. The van der Waals surface area contributed by atoms with E-state index in [2.05, 4.69) is 6.92 Å². The van der Waals surface area contributed by atoms with Crippen molar-refractivity contribution in [3.8, 4) is 0 Å². The third kappa shape index (κ3) is 10.9. The van der Waals surface area contributed by atoms with E-state index in [1.54, 1.807) is 0 Å². The summed E-state index contributed by atoms with van der Waals surface area (Å²) in [7, 11) is 0. The quantitative estimate of drug-likeness (QED) is 0.482. The standard InChI is InChI=1S/C3H7.HI.Zn/c1-3-2;;/h1,3H2,2H3;1H;. The van der Waals surface area contributed by atoms with Gasteiger partial charge in [0.05, 0.1) is 0 Å². The van der Waals surface area contributed by atoms with E-state index >= 15 is 0 Å². The molecule has 0 aliphatic carbocycles. The topological polar surface area (TPSA) is 0 Å². The minimum atomic E-state index is 0. The molecule has 0 saturated heterocycles. The Hall–Kier alpha value is 1.35. The van der Waals surface area contributed by atoms with Crippen LogP contribution in [0.5, 0.6) is 0 Å². The van der Waals surface area contributed by atoms with Crippen molar-refractivity contribution in [2.75, 3.05) is 0 Å². The first-order valence-electron chi connectivity index (χ1n) is 1.71. The van der Waals surface area contributed by atoms with Crippen molar-refractivity contribution in [1.29, 1.82) is 0 Å². The smallest absolute Gasteiger partial charge is 0.107 e. The van der Waals surface area contributed by atoms with Gasteiger partial charge in [-0.15, -0.1) is 24.0 Å². The molecule has 0 unspecified atom stereocenters. The Morgan fingerprint density at radius 2 is 1.80 bits per heavy atom. The SMILES string of the molecule is CC[CH2][Zn].I. The molecule has 0 radical (unpaired) electrons. The summed E-state index contributed by atoms with van der Waals surface area (Å²) in [5.41, 5.74) is 0. The second-order valence-corrected chi connectivity index (χ2v) is 2.34. The fraction of sp³-hybridized carbons (Fsp3) is 1.00. The van der Waals surface area contributed by atoms with Crippen LogP contribution in [0.2, 0.25) is 5.02 Å². The van der Waals surface area contributed by atoms with Crippen LogP contribution in [-0.4, -0.2) is 0 Å². The molecule has 0 aromatic rings. The zero-order valence-corrected chi connectivity index (χ0v) is 8.83. The zero-order chi connectivity index (χ0) is 3.41. The second-order valence-electron chi connectivity index (χ2n) is 0.854. The van der Waals surface area contributed by atoms with E-state index in [0.717, 1.165) is 0 Å². The molecular weight excluding hydrogens is 228 g/mol. The van der Waals surface area contributed by atoms with Crippen molar-refractivity contribution in [2.24, 2.45) is 0 Å². The van der Waals surface area contributed by atoms with Crippen LogP contribution in [0.25, 0.3) is 0 Å². The minimum absolute atomic E-state index is 0. The van der Waals surface area contributed by atoms with E-state index in [4.69, 9.17) is 0 Å². The predicted molar refractivity (Wildman–Crippen MR) is 30.5 cm³/mol. The van der Waals surface area contributed by atoms with Gasteiger partial charge in [0, 0.05) is 0 Å². The van der Waals surface area contributed by atoms with E-state index in [0.29, 0.717) is 0 Å². The van der Waals surface area contributed by atoms with Crippen LogP contribution in [0, 0.1) is 0 Å². The van der Waals surface area contributed by atoms with E-state index in [1.165, 1.54) is 29.7 Å². The molecule has 0 aliphatic heterocycles. The number of hydrogen-bond donors (Lipinski definition) is 0. The van der Waals surface area contributed by atoms with E-state index in [1.807, 2.05) is 0 Å². The van der Waals surface area contributed by atoms with Crippen molar-refractivity contribution in [2.45, 2.75) is 18.4 Å². The Labute approximate surface area is 60.4 Å². The summed E-state index contributed by atoms with van der Waals surface area (Å²) in [6, 6.07) is 0. The van der Waals surface area contributed by atoms with Gasteiger partial charge in [-0.1, -0.05) is 0 Å². The fourth-order valence-corrected chi connectivity index (χ4v) is 0. The average molecular weight is 236 g/mol. The van der Waals surface area contributed by atoms with E-state index in [9.17, 15) is 0 Å². The Balaban J connectivity index is 0. The van der Waals surface area contributed by atoms with Gasteiger partial charge in [-0.2, -0.15) is 0 Å². The van der Waals surface area contributed by atoms with Crippen LogP contribution in [0.15, 0.2) is 0 Å². The van der Waals surface area contributed by atoms with Gasteiger partial charge in [-0.05, 0) is 0 Å². The monoisotopic (exact) mass is 235 g/mol. The van der Waals surface area contributed by atoms with Gasteiger partial charge >= 0.3 is 36.7 Å². The minimum Gasteiger partial charge on any atom is -0.107 e. The Kier molecular flexibility index (Phi) is 17.3. The molecule has 2 heteroatoms. The summed E-state index contributed by atoms with van der Waals surface area (Å²) >= 11 is 1.47. The van der Waals surface area contributed by atoms with Crippen LogP contribution in [0.1, 0.15) is 13.3 Å². The molecule has 0 fully saturated rings. The van der Waals surface area contributed by atoms with Crippen LogP contribution in [-0.2, 0) is 18.3 Å². The van der Waals surface area contributed by atoms with Crippen LogP contribution in [0.4, 0.5) is 0 Å². The molecule has 0 heterocycles. The van der Waals surface area contributed by atoms with E-state index in [-0.39, 0.29) is 24.0 Å². The van der Waals surface area contributed by atoms with Crippen molar-refractivity contribution in [1.82, 2.24) is 0 Å². The molecule has 0 nitrogen and oxygen atoms in total. The van der Waals surface area contributed by atoms with Gasteiger partial charge < -0.3 is 0 Å². The first kappa shape index (κ1) is 9.61. The number of hydrogen-bond acceptors (Lipinski definition) is 0. The first-order valence-corrected chi connectivity index (χ1v) is 3.81. The Morgan fingerprint density at radius 3 is 1.80 bits per heavy atom. The average Bonchev–Trinajstić information content (AvgIpc) is 1.37. The molecule has 5 heavy (non-hydrogen) atoms. The normalized spacial score (nSPS) is 6.20. The van der Waals surface area contributed by atoms with Crippen molar-refractivity contribution < 1.29 is 18.3 Å². The molecule has 0 spiro atoms. The van der Waals surface area contributed by atoms with Gasteiger partial charge in [0.25, 0.3) is 0 Å². The molecule has 0 aromatic carbocycles. The maximum Gasteiger partial charge on any atom is -0.107 e. The Morgan fingerprint density at radius 1 is 1.60 bits per heavy atom. The Bertz CT molecular complexity index is 8.85. The molecular formula is C3H8IZn. The summed E-state index contributed by atoms with van der Waals surface area (Å²) in [5, 5.41) is 1.44. The van der Waals surface area contributed by atoms with Crippen molar-refractivity contribution in [3.05, 3.63) is 0 Å². The first-order chi connectivity index (χ1) is 1.91. The third-order valence-electron chi connectivity index (χ3n) is 0.354. The van der Waals surface area contributed by atoms with Crippen LogP contribution >= 0.6 is 24.0 Å². The molecule has 29 valence electrons. The van der Waals surface area contributed by atoms with Gasteiger partial charge in [-0.3, -0.25) is 0 Å². The molecule has 0 rings (SSSR count). The number of rotatable bonds is 1. The second kappa shape index (κ2) is 9.02. The third-order valence-corrected chi connectivity index (χ3v) is 1.84. The summed E-state index contributed by atoms with van der Waals surface area (Å²) in [5.74, 6) is 0. The summed E-state index contributed by atoms with van der Waals surface area (Å²) in [6.07, 6.45) is 1.38. The molecule has 0 amide bonds. The van der Waals surface area contributed by atoms with Gasteiger partial charge in [-0.25, -0.2) is 0 Å². The van der Waals surface area contributed by atoms with Crippen LogP contribution < -0.4 is 0 Å². The van der Waals surface area contributed by atoms with Gasteiger partial charge in [0.15, 0.2) is 0 Å². The largest absolute Gasteiger partial charge is 0.107 e. The van der Waals surface area contributed by atoms with Crippen molar-refractivity contribution in [3.63, 3.8) is 0 Å². The van der Waals surface area contributed by atoms with Gasteiger partial charge in [0.2, 0.25) is 0 Å². The van der Waals surface area contributed by atoms with Gasteiger partial charge in [0.1, 0.15) is 0 Å². The molecule has 0 N–H and O–H groups in total. The summed E-state index contributed by atoms with van der Waals surface area (Å²) in [6.45, 7) is 2.21. The number of halogens is 1. The maximum atomic E-state index is 2.21. The fourth-order valence-electron chi connectivity index (χ4n) is 0. The molecule has 0 bridgehead atoms. The molecule has 0 aromatic heterocycles. The summed E-state index contributed by atoms with van der Waals surface area (Å²) < 4.78 is 0. The van der Waals surface area contributed by atoms with Crippen molar-refractivity contribution >= 4 is 24.0 Å². The predicted octanol–water partition coefficient (Wildman–Crippen LogP) is 1.98. The summed E-state index contributed by atoms with van der Waals surface area (Å²) in [4.78, 5) is 0. The zero-order valence-electron chi connectivity index (χ0n) is 3.53. The maximum absolute atomic E-state index is 2.21. The van der Waals surface area contributed by atoms with E-state index < -0.39 is 0 Å². The molecule has 0 aliphatic rings. The van der Waals surface area contributed by atoms with Crippen LogP contribution in [0.3, 0.4) is 0 Å².